The molecule has 3 aromatic rings. The van der Waals surface area contributed by atoms with Crippen molar-refractivity contribution in [1.29, 1.82) is 0 Å². The fourth-order valence-electron chi connectivity index (χ4n) is 6.77. The monoisotopic (exact) mass is 628 g/mol. The lowest BCUT2D eigenvalue weighted by Gasteiger charge is -2.43. The summed E-state index contributed by atoms with van der Waals surface area (Å²) in [5.41, 5.74) is 2.12. The fraction of sp³-hybridized carbons (Fsp3) is 0.467. The minimum absolute atomic E-state index is 0.0462. The van der Waals surface area contributed by atoms with Gasteiger partial charge in [0, 0.05) is 42.1 Å². The van der Waals surface area contributed by atoms with Crippen molar-refractivity contribution in [2.75, 3.05) is 13.1 Å². The number of nitrogens with zero attached hydrogens (tertiary/aromatic N) is 3. The van der Waals surface area contributed by atoms with Gasteiger partial charge in [0.15, 0.2) is 0 Å². The van der Waals surface area contributed by atoms with Crippen LogP contribution in [0.1, 0.15) is 70.8 Å². The molecule has 3 aliphatic heterocycles. The number of fused-ring (bicyclic) bond motifs is 2. The van der Waals surface area contributed by atoms with Crippen LogP contribution < -0.4 is 5.32 Å². The molecule has 0 radical (unpaired) electrons. The molecule has 5 heterocycles. The average Bonchev–Trinajstić information content (AvgIpc) is 3.52. The Hall–Kier alpha value is -3.18. The number of aryl methyl sites for hydroxylation is 1. The summed E-state index contributed by atoms with van der Waals surface area (Å²) in [6.07, 6.45) is 6.16. The number of amides is 3. The third-order valence-electron chi connectivity index (χ3n) is 9.01. The molecular weight excluding hydrogens is 594 g/mol. The van der Waals surface area contributed by atoms with E-state index in [1.54, 1.807) is 11.1 Å². The molecule has 0 unspecified atom stereocenters. The van der Waals surface area contributed by atoms with Gasteiger partial charge in [0.2, 0.25) is 17.7 Å². The van der Waals surface area contributed by atoms with Gasteiger partial charge in [-0.25, -0.2) is 4.39 Å². The number of carbonyl (C=O) groups excluding carboxylic acids is 3. The van der Waals surface area contributed by atoms with Gasteiger partial charge < -0.3 is 24.9 Å². The molecule has 10 nitrogen and oxygen atoms in total. The first-order chi connectivity index (χ1) is 20.4. The van der Waals surface area contributed by atoms with E-state index in [2.05, 4.69) is 17.2 Å². The number of pyridine rings is 1. The number of nitrogens with one attached hydrogen (secondary N) is 1. The van der Waals surface area contributed by atoms with E-state index in [1.165, 1.54) is 24.3 Å². The number of hydrogen-bond acceptors (Lipinski definition) is 6. The molecule has 43 heavy (non-hydrogen) atoms. The van der Waals surface area contributed by atoms with Crippen molar-refractivity contribution in [2.24, 2.45) is 5.92 Å². The quantitative estimate of drug-likeness (QED) is 0.347. The fourth-order valence-corrected chi connectivity index (χ4v) is 8.27. The Morgan fingerprint density at radius 3 is 2.65 bits per heavy atom. The average molecular weight is 629 g/mol. The van der Waals surface area contributed by atoms with E-state index >= 15 is 0 Å². The van der Waals surface area contributed by atoms with E-state index in [1.807, 2.05) is 24.1 Å². The molecule has 0 saturated carbocycles. The van der Waals surface area contributed by atoms with Crippen LogP contribution in [-0.4, -0.2) is 73.5 Å². The second-order valence-corrected chi connectivity index (χ2v) is 14.8. The number of aromatic nitrogens is 1. The van der Waals surface area contributed by atoms with Gasteiger partial charge in [0.05, 0.1) is 4.88 Å². The summed E-state index contributed by atoms with van der Waals surface area (Å²) in [7, 11) is -4.97. The molecule has 3 fully saturated rings. The summed E-state index contributed by atoms with van der Waals surface area (Å²) < 4.78 is 26.3. The second kappa shape index (κ2) is 11.4. The molecule has 228 valence electrons. The number of carbonyl (C=O) groups is 3. The Morgan fingerprint density at radius 2 is 1.93 bits per heavy atom. The zero-order chi connectivity index (χ0) is 30.6. The minimum atomic E-state index is -4.97. The molecule has 5 atom stereocenters. The van der Waals surface area contributed by atoms with E-state index in [0.29, 0.717) is 40.9 Å². The van der Waals surface area contributed by atoms with Crippen LogP contribution in [0.4, 0.5) is 4.39 Å². The maximum Gasteiger partial charge on any atom is 0.363 e. The molecule has 0 spiro atoms. The first kappa shape index (κ1) is 29.9. The van der Waals surface area contributed by atoms with Crippen LogP contribution in [0.15, 0.2) is 42.7 Å². The van der Waals surface area contributed by atoms with E-state index in [4.69, 9.17) is 0 Å². The van der Waals surface area contributed by atoms with Gasteiger partial charge in [-0.15, -0.1) is 11.3 Å². The molecule has 1 aromatic carbocycles. The molecule has 3 amide bonds. The maximum atomic E-state index is 14.2. The summed E-state index contributed by atoms with van der Waals surface area (Å²) in [6.45, 7) is 5.28. The lowest BCUT2D eigenvalue weighted by atomic mass is 9.89. The van der Waals surface area contributed by atoms with Gasteiger partial charge in [-0.2, -0.15) is 0 Å². The summed E-state index contributed by atoms with van der Waals surface area (Å²) in [5.74, 6) is -2.83. The van der Waals surface area contributed by atoms with Crippen molar-refractivity contribution < 1.29 is 33.1 Å². The molecule has 6 rings (SSSR count). The zero-order valence-electron chi connectivity index (χ0n) is 23.9. The van der Waals surface area contributed by atoms with E-state index < -0.39 is 31.5 Å². The standard InChI is InChI=1S/C30H34FN4O6PS/c1-16-9-21-4-5-24(30(38)34-14-20(15-34)22-13-32-8-7-17(22)2)35(21)29(37)23(10-16)33-28(36)26-12-19-11-18(3-6-25(19)43-26)27(31)42(39,40)41/h3,6-8,11-13,16,20-21,23-24,27H,4-5,9-10,14-15H2,1-2H3,(H,33,36)(H2,39,40,41)/t16-,21+,23-,24-,27-/m0/s1. The van der Waals surface area contributed by atoms with Crippen molar-refractivity contribution >= 4 is 46.7 Å². The smallest absolute Gasteiger partial charge is 0.340 e. The highest BCUT2D eigenvalue weighted by atomic mass is 32.1. The van der Waals surface area contributed by atoms with Crippen LogP contribution in [0.3, 0.4) is 0 Å². The minimum Gasteiger partial charge on any atom is -0.340 e. The first-order valence-electron chi connectivity index (χ1n) is 14.5. The Balaban J connectivity index is 1.16. The normalized spacial score (nSPS) is 25.3. The van der Waals surface area contributed by atoms with Crippen LogP contribution >= 0.6 is 18.9 Å². The van der Waals surface area contributed by atoms with E-state index in [-0.39, 0.29) is 35.3 Å². The van der Waals surface area contributed by atoms with E-state index in [0.717, 1.165) is 35.3 Å². The van der Waals surface area contributed by atoms with Crippen molar-refractivity contribution in [3.8, 4) is 0 Å². The molecule has 3 N–H and O–H groups in total. The van der Waals surface area contributed by atoms with Gasteiger partial charge in [-0.1, -0.05) is 13.0 Å². The third-order valence-corrected chi connectivity index (χ3v) is 11.0. The van der Waals surface area contributed by atoms with Gasteiger partial charge in [0.1, 0.15) is 12.1 Å². The lowest BCUT2D eigenvalue weighted by Crippen LogP contribution is -2.58. The topological polar surface area (TPSA) is 140 Å². The van der Waals surface area contributed by atoms with Crippen LogP contribution in [0.2, 0.25) is 0 Å². The number of rotatable bonds is 6. The Kier molecular flexibility index (Phi) is 7.91. The molecule has 0 aliphatic carbocycles. The summed E-state index contributed by atoms with van der Waals surface area (Å²) in [5, 5.41) is 3.37. The van der Waals surface area contributed by atoms with Crippen molar-refractivity contribution in [2.45, 2.75) is 69.5 Å². The largest absolute Gasteiger partial charge is 0.363 e. The van der Waals surface area contributed by atoms with Crippen LogP contribution in [-0.2, 0) is 14.2 Å². The molecule has 0 bridgehead atoms. The number of hydrogen-bond donors (Lipinski definition) is 3. The number of benzene rings is 1. The van der Waals surface area contributed by atoms with Crippen molar-refractivity contribution in [1.82, 2.24) is 20.1 Å². The molecular formula is C30H34FN4O6PS. The summed E-state index contributed by atoms with van der Waals surface area (Å²) >= 11 is 1.15. The van der Waals surface area contributed by atoms with Crippen molar-refractivity contribution in [3.05, 3.63) is 64.3 Å². The number of thiophene rings is 1. The summed E-state index contributed by atoms with van der Waals surface area (Å²) in [6, 6.07) is 6.24. The lowest BCUT2D eigenvalue weighted by molar-refractivity contribution is -0.148. The highest BCUT2D eigenvalue weighted by molar-refractivity contribution is 7.51. The molecule has 2 aromatic heterocycles. The predicted octanol–water partition coefficient (Wildman–Crippen LogP) is 4.26. The van der Waals surface area contributed by atoms with Crippen LogP contribution in [0.25, 0.3) is 10.1 Å². The predicted molar refractivity (Wildman–Crippen MR) is 159 cm³/mol. The van der Waals surface area contributed by atoms with Crippen LogP contribution in [0, 0.1) is 12.8 Å². The Labute approximate surface area is 252 Å². The highest BCUT2D eigenvalue weighted by Crippen LogP contribution is 2.53. The zero-order valence-corrected chi connectivity index (χ0v) is 25.6. The molecule has 3 aliphatic rings. The Bertz CT molecular complexity index is 1640. The van der Waals surface area contributed by atoms with Crippen molar-refractivity contribution in [3.63, 3.8) is 0 Å². The molecule has 13 heteroatoms. The Morgan fingerprint density at radius 1 is 1.16 bits per heavy atom. The number of likely N-dealkylation sites (tertiary alicyclic amines) is 1. The van der Waals surface area contributed by atoms with Gasteiger partial charge in [0.25, 0.3) is 5.91 Å². The van der Waals surface area contributed by atoms with Gasteiger partial charge in [-0.05, 0) is 84.9 Å². The maximum absolute atomic E-state index is 14.2. The van der Waals surface area contributed by atoms with Crippen LogP contribution in [0.5, 0.6) is 0 Å². The first-order valence-corrected chi connectivity index (χ1v) is 17.0. The highest BCUT2D eigenvalue weighted by Gasteiger charge is 2.48. The van der Waals surface area contributed by atoms with Gasteiger partial charge >= 0.3 is 7.60 Å². The molecule has 3 saturated heterocycles. The number of halogens is 1. The third kappa shape index (κ3) is 5.73. The van der Waals surface area contributed by atoms with E-state index in [9.17, 15) is 33.1 Å². The SMILES string of the molecule is Cc1ccncc1C1CN(C(=O)[C@@H]2CC[C@@H]3C[C@H](C)C[C@H](NC(=O)c4cc5cc([C@@H](F)P(=O)(O)O)ccc5s4)C(=O)N32)C1. The number of alkyl halides is 1. The summed E-state index contributed by atoms with van der Waals surface area (Å²) in [4.78, 5) is 67.4. The van der Waals surface area contributed by atoms with Gasteiger partial charge in [-0.3, -0.25) is 23.9 Å². The second-order valence-electron chi connectivity index (χ2n) is 12.1.